The molecule has 0 radical (unpaired) electrons. The van der Waals surface area contributed by atoms with Gasteiger partial charge >= 0.3 is 0 Å². The molecule has 0 saturated heterocycles. The number of rotatable bonds is 2. The topological polar surface area (TPSA) is 66.5 Å². The monoisotopic (exact) mass is 145 g/mol. The highest BCUT2D eigenvalue weighted by molar-refractivity contribution is 4.82. The van der Waals surface area contributed by atoms with E-state index in [0.29, 0.717) is 12.5 Å². The Labute approximate surface area is 60.9 Å². The Balaban J connectivity index is 2.27. The lowest BCUT2D eigenvalue weighted by molar-refractivity contribution is 0.0438. The summed E-state index contributed by atoms with van der Waals surface area (Å²) in [4.78, 5) is 0. The molecule has 0 aliphatic heterocycles. The van der Waals surface area contributed by atoms with Crippen molar-refractivity contribution in [1.29, 1.82) is 0 Å². The van der Waals surface area contributed by atoms with Gasteiger partial charge in [0.05, 0.1) is 12.2 Å². The second-order valence-corrected chi connectivity index (χ2v) is 3.05. The van der Waals surface area contributed by atoms with Crippen LogP contribution in [0.5, 0.6) is 0 Å². The summed E-state index contributed by atoms with van der Waals surface area (Å²) in [6.07, 6.45) is 1.36. The van der Waals surface area contributed by atoms with Gasteiger partial charge in [-0.3, -0.25) is 0 Å². The van der Waals surface area contributed by atoms with Crippen LogP contribution in [0.1, 0.15) is 19.3 Å². The Hall–Kier alpha value is -0.120. The first-order valence-electron chi connectivity index (χ1n) is 3.80. The summed E-state index contributed by atoms with van der Waals surface area (Å²) >= 11 is 0. The molecule has 0 amide bonds. The van der Waals surface area contributed by atoms with E-state index in [1.54, 1.807) is 0 Å². The van der Waals surface area contributed by atoms with Gasteiger partial charge in [0.15, 0.2) is 0 Å². The molecule has 3 heteroatoms. The van der Waals surface area contributed by atoms with E-state index in [1.807, 2.05) is 0 Å². The summed E-state index contributed by atoms with van der Waals surface area (Å²) in [5, 5.41) is 18.2. The van der Waals surface area contributed by atoms with Crippen LogP contribution >= 0.6 is 0 Å². The van der Waals surface area contributed by atoms with Crippen molar-refractivity contribution in [2.24, 2.45) is 11.7 Å². The van der Waals surface area contributed by atoms with Gasteiger partial charge in [-0.15, -0.1) is 0 Å². The van der Waals surface area contributed by atoms with Gasteiger partial charge in [0.2, 0.25) is 0 Å². The van der Waals surface area contributed by atoms with Crippen LogP contribution in [0.15, 0.2) is 0 Å². The first kappa shape index (κ1) is 7.98. The van der Waals surface area contributed by atoms with Crippen molar-refractivity contribution in [3.63, 3.8) is 0 Å². The zero-order valence-corrected chi connectivity index (χ0v) is 6.03. The smallest absolute Gasteiger partial charge is 0.0801 e. The van der Waals surface area contributed by atoms with Crippen LogP contribution in [-0.4, -0.2) is 29.0 Å². The molecule has 0 aromatic carbocycles. The summed E-state index contributed by atoms with van der Waals surface area (Å²) in [5.74, 6) is 0.440. The quantitative estimate of drug-likeness (QED) is 0.489. The Bertz CT molecular complexity index is 97.8. The molecule has 1 aliphatic rings. The summed E-state index contributed by atoms with van der Waals surface area (Å²) in [7, 11) is 0. The van der Waals surface area contributed by atoms with Gasteiger partial charge in [0.25, 0.3) is 0 Å². The largest absolute Gasteiger partial charge is 0.390 e. The normalized spacial score (nSPS) is 35.1. The number of nitrogens with two attached hydrogens (primary N) is 1. The maximum atomic E-state index is 9.10. The van der Waals surface area contributed by atoms with Crippen LogP contribution in [0.25, 0.3) is 0 Å². The minimum absolute atomic E-state index is 0.440. The molecular formula is C7H15NO2. The third-order valence-electron chi connectivity index (χ3n) is 2.17. The van der Waals surface area contributed by atoms with Crippen molar-refractivity contribution in [3.05, 3.63) is 0 Å². The third kappa shape index (κ3) is 1.68. The molecular weight excluding hydrogens is 130 g/mol. The Morgan fingerprint density at radius 3 is 2.10 bits per heavy atom. The lowest BCUT2D eigenvalue weighted by Crippen LogP contribution is -2.17. The van der Waals surface area contributed by atoms with Gasteiger partial charge in [0, 0.05) is 0 Å². The molecule has 0 aromatic rings. The second kappa shape index (κ2) is 3.32. The maximum Gasteiger partial charge on any atom is 0.0801 e. The molecule has 1 saturated carbocycles. The van der Waals surface area contributed by atoms with Crippen molar-refractivity contribution < 1.29 is 10.2 Å². The molecule has 2 atom stereocenters. The van der Waals surface area contributed by atoms with Gasteiger partial charge in [-0.25, -0.2) is 0 Å². The highest BCUT2D eigenvalue weighted by Crippen LogP contribution is 2.27. The Morgan fingerprint density at radius 2 is 1.70 bits per heavy atom. The van der Waals surface area contributed by atoms with E-state index in [2.05, 4.69) is 0 Å². The number of hydrogen-bond acceptors (Lipinski definition) is 3. The zero-order valence-electron chi connectivity index (χ0n) is 6.03. The fraction of sp³-hybridized carbons (Fsp3) is 1.00. The molecule has 1 rings (SSSR count). The van der Waals surface area contributed by atoms with E-state index in [4.69, 9.17) is 15.9 Å². The summed E-state index contributed by atoms with van der Waals surface area (Å²) < 4.78 is 0. The van der Waals surface area contributed by atoms with E-state index in [0.717, 1.165) is 19.3 Å². The third-order valence-corrected chi connectivity index (χ3v) is 2.17. The van der Waals surface area contributed by atoms with E-state index >= 15 is 0 Å². The molecule has 10 heavy (non-hydrogen) atoms. The van der Waals surface area contributed by atoms with Crippen LogP contribution < -0.4 is 5.73 Å². The van der Waals surface area contributed by atoms with Crippen molar-refractivity contribution in [2.75, 3.05) is 6.54 Å². The van der Waals surface area contributed by atoms with Crippen molar-refractivity contribution in [2.45, 2.75) is 31.5 Å². The Kier molecular flexibility index (Phi) is 2.65. The molecule has 4 N–H and O–H groups in total. The molecule has 0 heterocycles. The van der Waals surface area contributed by atoms with E-state index in [-0.39, 0.29) is 0 Å². The lowest BCUT2D eigenvalue weighted by Gasteiger charge is -2.04. The fourth-order valence-corrected chi connectivity index (χ4v) is 1.56. The number of aliphatic hydroxyl groups excluding tert-OH is 2. The molecule has 0 aromatic heterocycles. The molecule has 0 spiro atoms. The minimum Gasteiger partial charge on any atom is -0.390 e. The standard InChI is InChI=1S/C7H15NO2/c8-2-1-5-3-6(9)7(10)4-5/h5-7,9-10H,1-4,8H2/t6-,7-/m1/s1. The SMILES string of the molecule is NCCC1C[C@@H](O)[C@H](O)C1. The highest BCUT2D eigenvalue weighted by atomic mass is 16.3. The average molecular weight is 145 g/mol. The molecule has 0 bridgehead atoms. The molecule has 60 valence electrons. The number of hydrogen-bond donors (Lipinski definition) is 3. The van der Waals surface area contributed by atoms with Crippen LogP contribution in [0.3, 0.4) is 0 Å². The lowest BCUT2D eigenvalue weighted by atomic mass is 10.0. The van der Waals surface area contributed by atoms with Crippen molar-refractivity contribution in [1.82, 2.24) is 0 Å². The van der Waals surface area contributed by atoms with Gasteiger partial charge < -0.3 is 15.9 Å². The second-order valence-electron chi connectivity index (χ2n) is 3.05. The first-order chi connectivity index (χ1) is 4.74. The van der Waals surface area contributed by atoms with Gasteiger partial charge in [-0.2, -0.15) is 0 Å². The first-order valence-corrected chi connectivity index (χ1v) is 3.80. The molecule has 3 nitrogen and oxygen atoms in total. The van der Waals surface area contributed by atoms with Crippen LogP contribution in [0, 0.1) is 5.92 Å². The van der Waals surface area contributed by atoms with Crippen molar-refractivity contribution >= 4 is 0 Å². The maximum absolute atomic E-state index is 9.10. The van der Waals surface area contributed by atoms with Crippen molar-refractivity contribution in [3.8, 4) is 0 Å². The zero-order chi connectivity index (χ0) is 7.56. The number of aliphatic hydroxyl groups is 2. The van der Waals surface area contributed by atoms with Gasteiger partial charge in [-0.05, 0) is 31.7 Å². The van der Waals surface area contributed by atoms with Crippen LogP contribution in [0.2, 0.25) is 0 Å². The average Bonchev–Trinajstić information content (AvgIpc) is 2.14. The van der Waals surface area contributed by atoms with Crippen LogP contribution in [0.4, 0.5) is 0 Å². The van der Waals surface area contributed by atoms with Gasteiger partial charge in [-0.1, -0.05) is 0 Å². The highest BCUT2D eigenvalue weighted by Gasteiger charge is 2.30. The van der Waals surface area contributed by atoms with Gasteiger partial charge in [0.1, 0.15) is 0 Å². The summed E-state index contributed by atoms with van der Waals surface area (Å²) in [6.45, 7) is 0.657. The minimum atomic E-state index is -0.503. The fourth-order valence-electron chi connectivity index (χ4n) is 1.56. The molecule has 0 unspecified atom stereocenters. The van der Waals surface area contributed by atoms with E-state index in [1.165, 1.54) is 0 Å². The predicted octanol–water partition coefficient (Wildman–Crippen LogP) is -0.533. The van der Waals surface area contributed by atoms with E-state index < -0.39 is 12.2 Å². The summed E-state index contributed by atoms with van der Waals surface area (Å²) in [6, 6.07) is 0. The molecule has 1 fully saturated rings. The Morgan fingerprint density at radius 1 is 1.20 bits per heavy atom. The predicted molar refractivity (Wildman–Crippen MR) is 38.4 cm³/mol. The molecule has 1 aliphatic carbocycles. The summed E-state index contributed by atoms with van der Waals surface area (Å²) in [5.41, 5.74) is 5.34. The van der Waals surface area contributed by atoms with Crippen LogP contribution in [-0.2, 0) is 0 Å². The van der Waals surface area contributed by atoms with E-state index in [9.17, 15) is 0 Å².